The number of aromatic nitrogens is 2. The highest BCUT2D eigenvalue weighted by Gasteiger charge is 2.18. The lowest BCUT2D eigenvalue weighted by molar-refractivity contribution is 0.593. The van der Waals surface area contributed by atoms with Gasteiger partial charge in [-0.05, 0) is 40.5 Å². The van der Waals surface area contributed by atoms with E-state index in [2.05, 4.69) is 30.8 Å². The van der Waals surface area contributed by atoms with E-state index in [1.165, 1.54) is 12.1 Å². The summed E-state index contributed by atoms with van der Waals surface area (Å²) in [4.78, 5) is -0.165. The van der Waals surface area contributed by atoms with Crippen molar-refractivity contribution in [2.24, 2.45) is 0 Å². The number of halogens is 2. The van der Waals surface area contributed by atoms with Gasteiger partial charge in [0.25, 0.3) is 10.0 Å². The first-order valence-corrected chi connectivity index (χ1v) is 8.32. The maximum atomic E-state index is 13.3. The zero-order valence-corrected chi connectivity index (χ0v) is 12.9. The van der Waals surface area contributed by atoms with Crippen LogP contribution in [0.2, 0.25) is 0 Å². The van der Waals surface area contributed by atoms with Crippen LogP contribution in [0.25, 0.3) is 0 Å². The molecule has 0 unspecified atom stereocenters. The molecule has 2 rings (SSSR count). The lowest BCUT2D eigenvalue weighted by Crippen LogP contribution is -2.13. The lowest BCUT2D eigenvalue weighted by Gasteiger charge is -2.05. The number of rotatable bonds is 4. The van der Waals surface area contributed by atoms with Crippen molar-refractivity contribution in [2.45, 2.75) is 18.2 Å². The van der Waals surface area contributed by atoms with E-state index in [0.29, 0.717) is 6.42 Å². The van der Waals surface area contributed by atoms with Gasteiger partial charge in [0, 0.05) is 0 Å². The van der Waals surface area contributed by atoms with Crippen LogP contribution >= 0.6 is 27.3 Å². The second kappa shape index (κ2) is 5.51. The van der Waals surface area contributed by atoms with Crippen LogP contribution in [0.4, 0.5) is 9.52 Å². The number of sulfonamides is 1. The molecule has 0 radical (unpaired) electrons. The minimum Gasteiger partial charge on any atom is -0.253 e. The van der Waals surface area contributed by atoms with E-state index in [-0.39, 0.29) is 14.5 Å². The molecule has 1 N–H and O–H groups in total. The first-order chi connectivity index (χ1) is 8.92. The van der Waals surface area contributed by atoms with Gasteiger partial charge in [0.1, 0.15) is 10.8 Å². The van der Waals surface area contributed by atoms with Crippen LogP contribution in [0.15, 0.2) is 27.6 Å². The Kier molecular flexibility index (Phi) is 4.16. The summed E-state index contributed by atoms with van der Waals surface area (Å²) in [6.07, 6.45) is 0.673. The largest absolute Gasteiger partial charge is 0.263 e. The van der Waals surface area contributed by atoms with E-state index in [1.807, 2.05) is 6.92 Å². The standard InChI is InChI=1S/C10H9BrFN3O2S2/c1-2-9-13-14-10(18-9)15-19(16,17)6-3-4-7(11)8(12)5-6/h3-5H,2H2,1H3,(H,14,15). The fourth-order valence-electron chi connectivity index (χ4n) is 1.26. The van der Waals surface area contributed by atoms with Crippen molar-refractivity contribution in [3.63, 3.8) is 0 Å². The van der Waals surface area contributed by atoms with E-state index in [9.17, 15) is 12.8 Å². The van der Waals surface area contributed by atoms with Crippen molar-refractivity contribution in [3.8, 4) is 0 Å². The molecular weight excluding hydrogens is 357 g/mol. The molecule has 2 aromatic rings. The highest BCUT2D eigenvalue weighted by atomic mass is 79.9. The highest BCUT2D eigenvalue weighted by molar-refractivity contribution is 9.10. The molecule has 0 bridgehead atoms. The summed E-state index contributed by atoms with van der Waals surface area (Å²) in [6.45, 7) is 1.89. The number of anilines is 1. The topological polar surface area (TPSA) is 72.0 Å². The minimum absolute atomic E-state index is 0.165. The van der Waals surface area contributed by atoms with Gasteiger partial charge in [-0.3, -0.25) is 4.72 Å². The summed E-state index contributed by atoms with van der Waals surface area (Å²) in [5.41, 5.74) is 0. The summed E-state index contributed by atoms with van der Waals surface area (Å²) in [5, 5.41) is 8.41. The van der Waals surface area contributed by atoms with E-state index in [0.717, 1.165) is 22.4 Å². The van der Waals surface area contributed by atoms with Gasteiger partial charge in [-0.2, -0.15) is 0 Å². The van der Waals surface area contributed by atoms with Crippen LogP contribution in [0.1, 0.15) is 11.9 Å². The number of aryl methyl sites for hydroxylation is 1. The van der Waals surface area contributed by atoms with Crippen molar-refractivity contribution < 1.29 is 12.8 Å². The Morgan fingerprint density at radius 2 is 2.16 bits per heavy atom. The monoisotopic (exact) mass is 365 g/mol. The third-order valence-corrected chi connectivity index (χ3v) is 5.28. The molecule has 0 atom stereocenters. The van der Waals surface area contributed by atoms with Crippen molar-refractivity contribution in [3.05, 3.63) is 33.5 Å². The zero-order chi connectivity index (χ0) is 14.0. The Morgan fingerprint density at radius 1 is 1.42 bits per heavy atom. The molecule has 0 aliphatic heterocycles. The summed E-state index contributed by atoms with van der Waals surface area (Å²) in [6, 6.07) is 3.58. The fourth-order valence-corrected chi connectivity index (χ4v) is 3.42. The molecule has 9 heteroatoms. The summed E-state index contributed by atoms with van der Waals surface area (Å²) < 4.78 is 39.8. The molecule has 0 spiro atoms. The molecule has 0 aliphatic carbocycles. The Bertz CT molecular complexity index is 703. The number of hydrogen-bond acceptors (Lipinski definition) is 5. The quantitative estimate of drug-likeness (QED) is 0.903. The fraction of sp³-hybridized carbons (Fsp3) is 0.200. The van der Waals surface area contributed by atoms with Crippen molar-refractivity contribution >= 4 is 42.4 Å². The molecule has 1 heterocycles. The summed E-state index contributed by atoms with van der Waals surface area (Å²) in [5.74, 6) is -0.644. The molecule has 0 saturated carbocycles. The molecule has 1 aromatic carbocycles. The van der Waals surface area contributed by atoms with E-state index >= 15 is 0 Å². The maximum absolute atomic E-state index is 13.3. The molecule has 0 saturated heterocycles. The van der Waals surface area contributed by atoms with Crippen molar-refractivity contribution in [2.75, 3.05) is 4.72 Å². The van der Waals surface area contributed by atoms with Crippen LogP contribution < -0.4 is 4.72 Å². The van der Waals surface area contributed by atoms with Gasteiger partial charge in [0.15, 0.2) is 0 Å². The van der Waals surface area contributed by atoms with Crippen molar-refractivity contribution in [1.82, 2.24) is 10.2 Å². The average Bonchev–Trinajstić information content (AvgIpc) is 2.79. The van der Waals surface area contributed by atoms with Gasteiger partial charge in [-0.25, -0.2) is 12.8 Å². The second-order valence-electron chi connectivity index (χ2n) is 3.54. The van der Waals surface area contributed by atoms with E-state index in [4.69, 9.17) is 0 Å². The Morgan fingerprint density at radius 3 is 2.74 bits per heavy atom. The van der Waals surface area contributed by atoms with Crippen LogP contribution in [0.5, 0.6) is 0 Å². The lowest BCUT2D eigenvalue weighted by atomic mass is 10.3. The summed E-state index contributed by atoms with van der Waals surface area (Å²) in [7, 11) is -3.85. The second-order valence-corrected chi connectivity index (χ2v) is 7.13. The van der Waals surface area contributed by atoms with Crippen LogP contribution in [-0.2, 0) is 16.4 Å². The van der Waals surface area contributed by atoms with Gasteiger partial charge >= 0.3 is 0 Å². The van der Waals surface area contributed by atoms with Gasteiger partial charge in [0.05, 0.1) is 9.37 Å². The third-order valence-electron chi connectivity index (χ3n) is 2.19. The number of nitrogens with one attached hydrogen (secondary N) is 1. The SMILES string of the molecule is CCc1nnc(NS(=O)(=O)c2ccc(Br)c(F)c2)s1. The van der Waals surface area contributed by atoms with Gasteiger partial charge in [-0.1, -0.05) is 18.3 Å². The van der Waals surface area contributed by atoms with E-state index < -0.39 is 15.8 Å². The molecule has 102 valence electrons. The Hall–Kier alpha value is -1.06. The van der Waals surface area contributed by atoms with Gasteiger partial charge < -0.3 is 0 Å². The van der Waals surface area contributed by atoms with Crippen LogP contribution in [-0.4, -0.2) is 18.6 Å². The van der Waals surface area contributed by atoms with Crippen LogP contribution in [0.3, 0.4) is 0 Å². The smallest absolute Gasteiger partial charge is 0.253 e. The molecule has 0 amide bonds. The van der Waals surface area contributed by atoms with Crippen molar-refractivity contribution in [1.29, 1.82) is 0 Å². The predicted octanol–water partition coefficient (Wildman–Crippen LogP) is 2.80. The maximum Gasteiger partial charge on any atom is 0.263 e. The Balaban J connectivity index is 2.29. The van der Waals surface area contributed by atoms with Gasteiger partial charge in [-0.15, -0.1) is 10.2 Å². The number of nitrogens with zero attached hydrogens (tertiary/aromatic N) is 2. The predicted molar refractivity (Wildman–Crippen MR) is 74.2 cm³/mol. The number of benzene rings is 1. The normalized spacial score (nSPS) is 11.5. The first kappa shape index (κ1) is 14.4. The number of hydrogen-bond donors (Lipinski definition) is 1. The highest BCUT2D eigenvalue weighted by Crippen LogP contribution is 2.23. The molecule has 19 heavy (non-hydrogen) atoms. The first-order valence-electron chi connectivity index (χ1n) is 5.22. The zero-order valence-electron chi connectivity index (χ0n) is 9.72. The van der Waals surface area contributed by atoms with Gasteiger partial charge in [0.2, 0.25) is 5.13 Å². The third kappa shape index (κ3) is 3.28. The average molecular weight is 366 g/mol. The minimum atomic E-state index is -3.85. The molecule has 0 fully saturated rings. The molecular formula is C10H9BrFN3O2S2. The van der Waals surface area contributed by atoms with Crippen LogP contribution in [0, 0.1) is 5.82 Å². The summed E-state index contributed by atoms with van der Waals surface area (Å²) >= 11 is 4.11. The van der Waals surface area contributed by atoms with E-state index in [1.54, 1.807) is 0 Å². The molecule has 1 aromatic heterocycles. The molecule has 5 nitrogen and oxygen atoms in total. The Labute approximate surface area is 122 Å². The molecule has 0 aliphatic rings.